The lowest BCUT2D eigenvalue weighted by Crippen LogP contribution is -2.25. The summed E-state index contributed by atoms with van der Waals surface area (Å²) in [5, 5.41) is 0. The fraction of sp³-hybridized carbons (Fsp3) is 0.533. The van der Waals surface area contributed by atoms with Crippen LogP contribution >= 0.6 is 0 Å². The van der Waals surface area contributed by atoms with Crippen molar-refractivity contribution >= 4 is 0 Å². The van der Waals surface area contributed by atoms with Gasteiger partial charge in [-0.1, -0.05) is 36.4 Å². The van der Waals surface area contributed by atoms with E-state index in [0.29, 0.717) is 11.8 Å². The summed E-state index contributed by atoms with van der Waals surface area (Å²) in [5.74, 6) is 0.572. The van der Waals surface area contributed by atoms with E-state index in [-0.39, 0.29) is 31.4 Å². The van der Waals surface area contributed by atoms with Gasteiger partial charge < -0.3 is 9.47 Å². The molecule has 0 aromatic heterocycles. The minimum Gasteiger partial charge on any atom is -0.491 e. The summed E-state index contributed by atoms with van der Waals surface area (Å²) in [7, 11) is 0. The Bertz CT molecular complexity index is 956. The Morgan fingerprint density at radius 3 is 1.91 bits per heavy atom. The van der Waals surface area contributed by atoms with Gasteiger partial charge in [-0.25, -0.2) is 4.39 Å². The Kier molecular flexibility index (Phi) is 9.17. The standard InChI is InChI=1S/C30H37F3O2/c1-2-34-27-17-18-28(30(33)29(27)32)35-20-22-7-11-24(12-8-22)26-15-13-25(14-16-26)23-9-5-21(6-10-23)4-3-19-31/h3-4,7-8,11-12,17-18,21,23,25-26H,2,5-6,9-10,13-16,19-20H2,1H3/b4-3+. The molecule has 0 bridgehead atoms. The van der Waals surface area contributed by atoms with Gasteiger partial charge in [0.15, 0.2) is 11.5 Å². The van der Waals surface area contributed by atoms with Gasteiger partial charge in [-0.2, -0.15) is 8.78 Å². The second kappa shape index (κ2) is 12.5. The van der Waals surface area contributed by atoms with Crippen LogP contribution in [0.2, 0.25) is 0 Å². The largest absolute Gasteiger partial charge is 0.491 e. The van der Waals surface area contributed by atoms with E-state index in [1.807, 2.05) is 12.1 Å². The Balaban J connectivity index is 1.24. The van der Waals surface area contributed by atoms with Crippen molar-refractivity contribution in [3.05, 3.63) is 71.3 Å². The summed E-state index contributed by atoms with van der Waals surface area (Å²) in [6.45, 7) is 1.82. The second-order valence-electron chi connectivity index (χ2n) is 10.0. The van der Waals surface area contributed by atoms with E-state index < -0.39 is 11.6 Å². The predicted octanol–water partition coefficient (Wildman–Crippen LogP) is 8.55. The zero-order chi connectivity index (χ0) is 24.6. The van der Waals surface area contributed by atoms with Gasteiger partial charge in [0.1, 0.15) is 13.3 Å². The quantitative estimate of drug-likeness (QED) is 0.331. The molecule has 2 aliphatic rings. The molecule has 0 spiro atoms. The number of allylic oxidation sites excluding steroid dienone is 2. The van der Waals surface area contributed by atoms with Gasteiger partial charge in [0.05, 0.1) is 6.61 Å². The van der Waals surface area contributed by atoms with E-state index in [4.69, 9.17) is 9.47 Å². The molecule has 4 rings (SSSR count). The number of hydrogen-bond donors (Lipinski definition) is 0. The van der Waals surface area contributed by atoms with Crippen LogP contribution in [0.1, 0.15) is 75.3 Å². The van der Waals surface area contributed by atoms with Gasteiger partial charge in [-0.15, -0.1) is 0 Å². The molecule has 0 heterocycles. The third kappa shape index (κ3) is 6.62. The fourth-order valence-electron chi connectivity index (χ4n) is 5.92. The first-order valence-electron chi connectivity index (χ1n) is 13.1. The van der Waals surface area contributed by atoms with Crippen molar-refractivity contribution in [1.82, 2.24) is 0 Å². The monoisotopic (exact) mass is 486 g/mol. The fourth-order valence-corrected chi connectivity index (χ4v) is 5.92. The Labute approximate surface area is 207 Å². The summed E-state index contributed by atoms with van der Waals surface area (Å²) < 4.78 is 51.3. The first kappa shape index (κ1) is 25.7. The van der Waals surface area contributed by atoms with Gasteiger partial charge in [0, 0.05) is 0 Å². The maximum atomic E-state index is 14.2. The second-order valence-corrected chi connectivity index (χ2v) is 10.0. The van der Waals surface area contributed by atoms with Gasteiger partial charge >= 0.3 is 0 Å². The topological polar surface area (TPSA) is 18.5 Å². The van der Waals surface area contributed by atoms with Crippen LogP contribution in [0.25, 0.3) is 0 Å². The maximum Gasteiger partial charge on any atom is 0.204 e. The maximum absolute atomic E-state index is 14.2. The summed E-state index contributed by atoms with van der Waals surface area (Å²) in [5.41, 5.74) is 2.28. The molecular formula is C30H37F3O2. The Morgan fingerprint density at radius 1 is 0.771 bits per heavy atom. The lowest BCUT2D eigenvalue weighted by Gasteiger charge is -2.37. The van der Waals surface area contributed by atoms with E-state index in [1.165, 1.54) is 69.1 Å². The summed E-state index contributed by atoms with van der Waals surface area (Å²) in [4.78, 5) is 0. The Morgan fingerprint density at radius 2 is 1.34 bits per heavy atom. The lowest BCUT2D eigenvalue weighted by atomic mass is 9.68. The minimum absolute atomic E-state index is 0.102. The average Bonchev–Trinajstić information content (AvgIpc) is 2.90. The predicted molar refractivity (Wildman–Crippen MR) is 134 cm³/mol. The van der Waals surface area contributed by atoms with Gasteiger partial charge in [0.2, 0.25) is 11.6 Å². The van der Waals surface area contributed by atoms with Crippen LogP contribution in [0.4, 0.5) is 13.2 Å². The highest BCUT2D eigenvalue weighted by atomic mass is 19.2. The average molecular weight is 487 g/mol. The number of benzene rings is 2. The molecule has 2 saturated carbocycles. The highest BCUT2D eigenvalue weighted by Gasteiger charge is 2.30. The van der Waals surface area contributed by atoms with Crippen LogP contribution in [0.5, 0.6) is 11.5 Å². The summed E-state index contributed by atoms with van der Waals surface area (Å²) in [6, 6.07) is 11.2. The van der Waals surface area contributed by atoms with E-state index in [1.54, 1.807) is 13.0 Å². The van der Waals surface area contributed by atoms with Crippen molar-refractivity contribution in [3.63, 3.8) is 0 Å². The van der Waals surface area contributed by atoms with E-state index >= 15 is 0 Å². The zero-order valence-electron chi connectivity index (χ0n) is 20.7. The lowest BCUT2D eigenvalue weighted by molar-refractivity contribution is 0.171. The van der Waals surface area contributed by atoms with E-state index in [0.717, 1.165) is 17.4 Å². The van der Waals surface area contributed by atoms with Crippen LogP contribution in [0.3, 0.4) is 0 Å². The number of rotatable bonds is 9. The number of halogens is 3. The molecule has 2 aliphatic carbocycles. The molecule has 2 aromatic rings. The molecule has 0 aliphatic heterocycles. The molecule has 35 heavy (non-hydrogen) atoms. The van der Waals surface area contributed by atoms with Crippen molar-refractivity contribution in [2.75, 3.05) is 13.3 Å². The molecular weight excluding hydrogens is 449 g/mol. The van der Waals surface area contributed by atoms with Gasteiger partial charge in [-0.05, 0) is 105 Å². The third-order valence-electron chi connectivity index (χ3n) is 7.91. The molecule has 2 nitrogen and oxygen atoms in total. The minimum atomic E-state index is -1.02. The molecule has 0 atom stereocenters. The van der Waals surface area contributed by atoms with Crippen molar-refractivity contribution in [2.24, 2.45) is 17.8 Å². The first-order chi connectivity index (χ1) is 17.1. The summed E-state index contributed by atoms with van der Waals surface area (Å²) in [6.07, 6.45) is 13.7. The summed E-state index contributed by atoms with van der Waals surface area (Å²) >= 11 is 0. The van der Waals surface area contributed by atoms with Gasteiger partial charge in [0.25, 0.3) is 0 Å². The molecule has 2 fully saturated rings. The number of hydrogen-bond acceptors (Lipinski definition) is 2. The molecule has 190 valence electrons. The number of ether oxygens (including phenoxy) is 2. The molecule has 0 unspecified atom stereocenters. The molecule has 0 radical (unpaired) electrons. The van der Waals surface area contributed by atoms with Crippen LogP contribution in [0.15, 0.2) is 48.6 Å². The van der Waals surface area contributed by atoms with Crippen LogP contribution < -0.4 is 9.47 Å². The highest BCUT2D eigenvalue weighted by Crippen LogP contribution is 2.44. The van der Waals surface area contributed by atoms with Crippen LogP contribution in [-0.2, 0) is 6.61 Å². The molecule has 0 N–H and O–H groups in total. The number of alkyl halides is 1. The Hall–Kier alpha value is -2.43. The van der Waals surface area contributed by atoms with E-state index in [9.17, 15) is 13.2 Å². The SMILES string of the molecule is CCOc1ccc(OCc2ccc(C3CCC(C4CCC(/C=C/CF)CC4)CC3)cc2)c(F)c1F. The third-order valence-corrected chi connectivity index (χ3v) is 7.91. The van der Waals surface area contributed by atoms with Crippen LogP contribution in [-0.4, -0.2) is 13.3 Å². The van der Waals surface area contributed by atoms with Crippen molar-refractivity contribution in [3.8, 4) is 11.5 Å². The smallest absolute Gasteiger partial charge is 0.204 e. The highest BCUT2D eigenvalue weighted by molar-refractivity contribution is 5.35. The normalized spacial score (nSPS) is 25.0. The molecule has 0 amide bonds. The van der Waals surface area contributed by atoms with Crippen molar-refractivity contribution < 1.29 is 22.6 Å². The van der Waals surface area contributed by atoms with Crippen molar-refractivity contribution in [2.45, 2.75) is 70.8 Å². The van der Waals surface area contributed by atoms with Crippen LogP contribution in [0, 0.1) is 29.4 Å². The molecule has 5 heteroatoms. The van der Waals surface area contributed by atoms with Gasteiger partial charge in [-0.3, -0.25) is 0 Å². The van der Waals surface area contributed by atoms with Crippen molar-refractivity contribution in [1.29, 1.82) is 0 Å². The molecule has 0 saturated heterocycles. The zero-order valence-corrected chi connectivity index (χ0v) is 20.7. The first-order valence-corrected chi connectivity index (χ1v) is 13.1. The van der Waals surface area contributed by atoms with E-state index in [2.05, 4.69) is 18.2 Å². The molecule has 2 aromatic carbocycles.